The summed E-state index contributed by atoms with van der Waals surface area (Å²) in [6.07, 6.45) is 0. The molecule has 1 saturated heterocycles. The Bertz CT molecular complexity index is 867. The van der Waals surface area contributed by atoms with E-state index >= 15 is 0 Å². The van der Waals surface area contributed by atoms with Crippen molar-refractivity contribution in [1.82, 2.24) is 15.1 Å². The zero-order chi connectivity index (χ0) is 20.3. The first kappa shape index (κ1) is 19.9. The van der Waals surface area contributed by atoms with E-state index < -0.39 is 6.04 Å². The molecule has 0 radical (unpaired) electrons. The van der Waals surface area contributed by atoms with Crippen molar-refractivity contribution >= 4 is 11.9 Å². The van der Waals surface area contributed by atoms with Gasteiger partial charge in [0.2, 0.25) is 5.91 Å². The number of nitrogens with zero attached hydrogens (tertiary/aromatic N) is 2. The number of rotatable bonds is 4. The summed E-state index contributed by atoms with van der Waals surface area (Å²) in [6.45, 7) is 7.30. The molecule has 1 unspecified atom stereocenters. The largest absolute Gasteiger partial charge is 0.335 e. The Hall–Kier alpha value is -2.89. The molecular formula is C22H26FN3O2. The average molecular weight is 383 g/mol. The third-order valence-corrected chi connectivity index (χ3v) is 5.17. The molecule has 5 nitrogen and oxygen atoms in total. The van der Waals surface area contributed by atoms with Crippen LogP contribution in [0.4, 0.5) is 9.18 Å². The molecule has 0 spiro atoms. The van der Waals surface area contributed by atoms with Gasteiger partial charge < -0.3 is 15.1 Å². The molecular weight excluding hydrogens is 357 g/mol. The summed E-state index contributed by atoms with van der Waals surface area (Å²) < 4.78 is 13.4. The van der Waals surface area contributed by atoms with Gasteiger partial charge in [0.05, 0.1) is 0 Å². The molecule has 1 fully saturated rings. The number of hydrogen-bond donors (Lipinski definition) is 1. The molecule has 6 heteroatoms. The summed E-state index contributed by atoms with van der Waals surface area (Å²) in [6, 6.07) is 12.1. The summed E-state index contributed by atoms with van der Waals surface area (Å²) in [5, 5.41) is 2.83. The second-order valence-electron chi connectivity index (χ2n) is 7.36. The molecule has 28 heavy (non-hydrogen) atoms. The van der Waals surface area contributed by atoms with Crippen LogP contribution >= 0.6 is 0 Å². The lowest BCUT2D eigenvalue weighted by Crippen LogP contribution is -2.59. The number of urea groups is 1. The first-order valence-corrected chi connectivity index (χ1v) is 9.49. The Morgan fingerprint density at radius 3 is 2.46 bits per heavy atom. The van der Waals surface area contributed by atoms with Crippen LogP contribution in [0.1, 0.15) is 29.2 Å². The minimum atomic E-state index is -0.519. The number of nitrogens with one attached hydrogen (secondary N) is 1. The van der Waals surface area contributed by atoms with Crippen LogP contribution in [0.3, 0.4) is 0 Å². The SMILES string of the molecule is Cc1ccc(CN2CCN(C(=O)NCc3ccc(F)c(C)c3)C(C)C2=O)cc1. The van der Waals surface area contributed by atoms with E-state index in [0.717, 1.165) is 11.1 Å². The lowest BCUT2D eigenvalue weighted by molar-refractivity contribution is -0.139. The second kappa shape index (κ2) is 8.42. The predicted molar refractivity (Wildman–Crippen MR) is 106 cm³/mol. The molecule has 1 atom stereocenters. The number of benzene rings is 2. The van der Waals surface area contributed by atoms with E-state index in [1.165, 1.54) is 11.6 Å². The van der Waals surface area contributed by atoms with Gasteiger partial charge in [-0.15, -0.1) is 0 Å². The highest BCUT2D eigenvalue weighted by Crippen LogP contribution is 2.16. The zero-order valence-corrected chi connectivity index (χ0v) is 16.5. The number of piperazine rings is 1. The van der Waals surface area contributed by atoms with E-state index in [4.69, 9.17) is 0 Å². The van der Waals surface area contributed by atoms with Crippen LogP contribution in [0.25, 0.3) is 0 Å². The lowest BCUT2D eigenvalue weighted by atomic mass is 10.1. The quantitative estimate of drug-likeness (QED) is 0.880. The van der Waals surface area contributed by atoms with Gasteiger partial charge in [-0.05, 0) is 43.5 Å². The lowest BCUT2D eigenvalue weighted by Gasteiger charge is -2.39. The van der Waals surface area contributed by atoms with Crippen molar-refractivity contribution in [2.24, 2.45) is 0 Å². The molecule has 0 bridgehead atoms. The summed E-state index contributed by atoms with van der Waals surface area (Å²) >= 11 is 0. The number of hydrogen-bond acceptors (Lipinski definition) is 2. The van der Waals surface area contributed by atoms with Gasteiger partial charge in [0.1, 0.15) is 11.9 Å². The predicted octanol–water partition coefficient (Wildman–Crippen LogP) is 3.39. The molecule has 1 heterocycles. The van der Waals surface area contributed by atoms with Crippen LogP contribution in [0, 0.1) is 19.7 Å². The molecule has 0 aliphatic carbocycles. The molecule has 3 amide bonds. The maximum atomic E-state index is 13.4. The summed E-state index contributed by atoms with van der Waals surface area (Å²) in [5.74, 6) is -0.321. The van der Waals surface area contributed by atoms with Crippen LogP contribution in [0.5, 0.6) is 0 Å². The average Bonchev–Trinajstić information content (AvgIpc) is 2.68. The fraction of sp³-hybridized carbons (Fsp3) is 0.364. The van der Waals surface area contributed by atoms with Crippen LogP contribution < -0.4 is 5.32 Å². The highest BCUT2D eigenvalue weighted by molar-refractivity contribution is 5.88. The van der Waals surface area contributed by atoms with Gasteiger partial charge in [-0.25, -0.2) is 9.18 Å². The topological polar surface area (TPSA) is 52.6 Å². The highest BCUT2D eigenvalue weighted by Gasteiger charge is 2.34. The molecule has 1 N–H and O–H groups in total. The van der Waals surface area contributed by atoms with Crippen molar-refractivity contribution in [3.05, 3.63) is 70.5 Å². The number of amides is 3. The van der Waals surface area contributed by atoms with Crippen molar-refractivity contribution in [2.75, 3.05) is 13.1 Å². The van der Waals surface area contributed by atoms with Gasteiger partial charge >= 0.3 is 6.03 Å². The first-order valence-electron chi connectivity index (χ1n) is 9.49. The Morgan fingerprint density at radius 2 is 1.79 bits per heavy atom. The van der Waals surface area contributed by atoms with Gasteiger partial charge in [-0.1, -0.05) is 42.0 Å². The van der Waals surface area contributed by atoms with Crippen LogP contribution in [-0.4, -0.2) is 40.9 Å². The smallest absolute Gasteiger partial charge is 0.318 e. The third-order valence-electron chi connectivity index (χ3n) is 5.17. The van der Waals surface area contributed by atoms with Gasteiger partial charge in [0.25, 0.3) is 0 Å². The van der Waals surface area contributed by atoms with E-state index in [-0.39, 0.29) is 17.8 Å². The molecule has 148 valence electrons. The fourth-order valence-electron chi connectivity index (χ4n) is 3.37. The van der Waals surface area contributed by atoms with E-state index in [9.17, 15) is 14.0 Å². The number of carbonyl (C=O) groups excluding carboxylic acids is 2. The van der Waals surface area contributed by atoms with Crippen molar-refractivity contribution in [3.8, 4) is 0 Å². The van der Waals surface area contributed by atoms with Crippen molar-refractivity contribution in [1.29, 1.82) is 0 Å². The van der Waals surface area contributed by atoms with E-state index in [0.29, 0.717) is 31.7 Å². The zero-order valence-electron chi connectivity index (χ0n) is 16.5. The van der Waals surface area contributed by atoms with Gasteiger partial charge in [0, 0.05) is 26.2 Å². The van der Waals surface area contributed by atoms with Crippen LogP contribution in [0.15, 0.2) is 42.5 Å². The monoisotopic (exact) mass is 383 g/mol. The minimum Gasteiger partial charge on any atom is -0.335 e. The summed E-state index contributed by atoms with van der Waals surface area (Å²) in [7, 11) is 0. The van der Waals surface area contributed by atoms with E-state index in [2.05, 4.69) is 5.32 Å². The second-order valence-corrected chi connectivity index (χ2v) is 7.36. The van der Waals surface area contributed by atoms with E-state index in [1.807, 2.05) is 31.2 Å². The Balaban J connectivity index is 1.57. The minimum absolute atomic E-state index is 0.0559. The number of carbonyl (C=O) groups is 2. The molecule has 1 aliphatic rings. The molecule has 2 aromatic carbocycles. The molecule has 0 aromatic heterocycles. The van der Waals surface area contributed by atoms with Crippen LogP contribution in [-0.2, 0) is 17.9 Å². The first-order chi connectivity index (χ1) is 13.3. The van der Waals surface area contributed by atoms with Gasteiger partial charge in [-0.2, -0.15) is 0 Å². The van der Waals surface area contributed by atoms with Gasteiger partial charge in [0.15, 0.2) is 0 Å². The van der Waals surface area contributed by atoms with Gasteiger partial charge in [-0.3, -0.25) is 4.79 Å². The van der Waals surface area contributed by atoms with Crippen molar-refractivity contribution in [2.45, 2.75) is 39.9 Å². The normalized spacial score (nSPS) is 17.0. The third kappa shape index (κ3) is 4.50. The molecule has 3 rings (SSSR count). The number of halogens is 1. The van der Waals surface area contributed by atoms with Crippen LogP contribution in [0.2, 0.25) is 0 Å². The Labute approximate surface area is 165 Å². The Kier molecular flexibility index (Phi) is 5.97. The molecule has 0 saturated carbocycles. The fourth-order valence-corrected chi connectivity index (χ4v) is 3.37. The van der Waals surface area contributed by atoms with Crippen molar-refractivity contribution in [3.63, 3.8) is 0 Å². The summed E-state index contributed by atoms with van der Waals surface area (Å²) in [5.41, 5.74) is 3.63. The maximum Gasteiger partial charge on any atom is 0.318 e. The van der Waals surface area contributed by atoms with Crippen molar-refractivity contribution < 1.29 is 14.0 Å². The number of aryl methyl sites for hydroxylation is 2. The van der Waals surface area contributed by atoms with E-state index in [1.54, 1.807) is 35.8 Å². The molecule has 2 aromatic rings. The highest BCUT2D eigenvalue weighted by atomic mass is 19.1. The summed E-state index contributed by atoms with van der Waals surface area (Å²) in [4.78, 5) is 28.6. The Morgan fingerprint density at radius 1 is 1.11 bits per heavy atom. The standard InChI is InChI=1S/C22H26FN3O2/c1-15-4-6-18(7-5-15)14-25-10-11-26(17(3)21(25)27)22(28)24-13-19-8-9-20(23)16(2)12-19/h4-9,12,17H,10-11,13-14H2,1-3H3,(H,24,28). The molecule has 1 aliphatic heterocycles. The maximum absolute atomic E-state index is 13.4.